The number of fused-ring (bicyclic) bond motifs is 12. The van der Waals surface area contributed by atoms with Crippen molar-refractivity contribution in [3.05, 3.63) is 204 Å². The van der Waals surface area contributed by atoms with Crippen LogP contribution in [-0.2, 0) is 28.2 Å². The van der Waals surface area contributed by atoms with E-state index in [4.69, 9.17) is 0 Å². The van der Waals surface area contributed by atoms with E-state index in [1.807, 2.05) is 0 Å². The number of aryl methyl sites for hydroxylation is 1. The Labute approximate surface area is 415 Å². The van der Waals surface area contributed by atoms with Crippen molar-refractivity contribution in [2.45, 2.75) is 114 Å². The van der Waals surface area contributed by atoms with Crippen LogP contribution < -0.4 is 31.1 Å². The Morgan fingerprint density at radius 2 is 1.13 bits per heavy atom. The standard InChI is InChI=1S/C66H62BN3/c1-62(2,3)48-31-33-56-53(40-48)64(5)37-34-45-24-14-15-27-51(45)66(64,7)69(56)50-41-58-60-59(42-50)70-61-52(63(4)35-16-17-36-65(63,70)6)28-19-29-55(61)67(60)54-32-30-47(44-22-12-9-13-23-44)39-57(54)68(58)49-26-18-25-46(38-49)43-20-10-8-11-21-43/h8-15,18-33,38-42H,16-17,34-37H2,1-7H3. The van der Waals surface area contributed by atoms with Crippen LogP contribution in [0.3, 0.4) is 0 Å². The molecule has 4 aliphatic heterocycles. The zero-order valence-electron chi connectivity index (χ0n) is 41.9. The fraction of sp³-hybridized carbons (Fsp3) is 0.273. The molecule has 0 amide bonds. The molecule has 0 N–H and O–H groups in total. The molecule has 70 heavy (non-hydrogen) atoms. The highest BCUT2D eigenvalue weighted by Gasteiger charge is 2.63. The highest BCUT2D eigenvalue weighted by Crippen LogP contribution is 2.66. The summed E-state index contributed by atoms with van der Waals surface area (Å²) in [7, 11) is 0. The zero-order chi connectivity index (χ0) is 47.5. The van der Waals surface area contributed by atoms with Gasteiger partial charge in [0, 0.05) is 50.6 Å². The summed E-state index contributed by atoms with van der Waals surface area (Å²) in [4.78, 5) is 8.40. The van der Waals surface area contributed by atoms with Gasteiger partial charge in [0.25, 0.3) is 6.71 Å². The molecule has 1 fully saturated rings. The zero-order valence-corrected chi connectivity index (χ0v) is 41.9. The van der Waals surface area contributed by atoms with Gasteiger partial charge in [-0.3, -0.25) is 0 Å². The maximum atomic E-state index is 2.91. The largest absolute Gasteiger partial charge is 0.335 e. The molecule has 4 heterocycles. The summed E-state index contributed by atoms with van der Waals surface area (Å²) in [6.45, 7) is 17.6. The summed E-state index contributed by atoms with van der Waals surface area (Å²) in [6.07, 6.45) is 7.02. The van der Waals surface area contributed by atoms with Crippen LogP contribution >= 0.6 is 0 Å². The van der Waals surface area contributed by atoms with E-state index in [1.165, 1.54) is 126 Å². The first kappa shape index (κ1) is 42.1. The van der Waals surface area contributed by atoms with Gasteiger partial charge in [-0.25, -0.2) is 0 Å². The lowest BCUT2D eigenvalue weighted by atomic mass is 9.33. The third-order valence-electron chi connectivity index (χ3n) is 19.2. The molecular formula is C66H62BN3. The molecule has 1 saturated carbocycles. The van der Waals surface area contributed by atoms with Crippen LogP contribution in [0.1, 0.15) is 108 Å². The Kier molecular flexibility index (Phi) is 8.67. The molecule has 8 aromatic carbocycles. The van der Waals surface area contributed by atoms with Crippen molar-refractivity contribution in [1.29, 1.82) is 0 Å². The molecule has 4 heteroatoms. The van der Waals surface area contributed by atoms with E-state index in [-0.39, 0.29) is 34.0 Å². The summed E-state index contributed by atoms with van der Waals surface area (Å²) in [5.41, 5.74) is 25.1. The number of para-hydroxylation sites is 1. The molecular weight excluding hydrogens is 846 g/mol. The summed E-state index contributed by atoms with van der Waals surface area (Å²) in [5, 5.41) is 0. The van der Waals surface area contributed by atoms with Gasteiger partial charge in [0.1, 0.15) is 0 Å². The van der Waals surface area contributed by atoms with Crippen molar-refractivity contribution in [2.24, 2.45) is 0 Å². The van der Waals surface area contributed by atoms with Crippen LogP contribution in [0.15, 0.2) is 176 Å². The van der Waals surface area contributed by atoms with Gasteiger partial charge in [0.15, 0.2) is 0 Å². The summed E-state index contributed by atoms with van der Waals surface area (Å²) in [5.74, 6) is 0. The van der Waals surface area contributed by atoms with Crippen molar-refractivity contribution in [1.82, 2.24) is 0 Å². The van der Waals surface area contributed by atoms with Gasteiger partial charge >= 0.3 is 0 Å². The monoisotopic (exact) mass is 908 g/mol. The Morgan fingerprint density at radius 1 is 0.457 bits per heavy atom. The number of benzene rings is 8. The number of nitrogens with zero attached hydrogens (tertiary/aromatic N) is 3. The summed E-state index contributed by atoms with van der Waals surface area (Å²) < 4.78 is 0. The molecule has 0 bridgehead atoms. The molecule has 0 aromatic heterocycles. The van der Waals surface area contributed by atoms with Crippen LogP contribution in [0.5, 0.6) is 0 Å². The first-order valence-corrected chi connectivity index (χ1v) is 26.1. The summed E-state index contributed by atoms with van der Waals surface area (Å²) >= 11 is 0. The van der Waals surface area contributed by atoms with Crippen LogP contribution in [0.4, 0.5) is 39.8 Å². The van der Waals surface area contributed by atoms with Crippen LogP contribution in [0.2, 0.25) is 0 Å². The van der Waals surface area contributed by atoms with Crippen LogP contribution in [0.25, 0.3) is 22.3 Å². The van der Waals surface area contributed by atoms with E-state index in [9.17, 15) is 0 Å². The molecule has 14 rings (SSSR count). The molecule has 4 unspecified atom stereocenters. The van der Waals surface area contributed by atoms with Crippen molar-refractivity contribution < 1.29 is 0 Å². The van der Waals surface area contributed by atoms with Crippen molar-refractivity contribution in [3.8, 4) is 22.3 Å². The van der Waals surface area contributed by atoms with Crippen molar-refractivity contribution >= 4 is 62.9 Å². The second-order valence-corrected chi connectivity index (χ2v) is 23.5. The highest BCUT2D eigenvalue weighted by molar-refractivity contribution is 7.00. The molecule has 0 radical (unpaired) electrons. The SMILES string of the molecule is CC(C)(C)c1ccc2c(c1)C1(C)CCc3ccccc3C1(C)N2c1cc2c3c(c1)N1c4c(cccc4C4(C)CCCCC14C)B3c1ccc(-c3ccccc3)cc1N2c1cccc(-c2ccccc2)c1. The predicted molar refractivity (Wildman–Crippen MR) is 296 cm³/mol. The number of hydrogen-bond donors (Lipinski definition) is 0. The average Bonchev–Trinajstić information content (AvgIpc) is 3.74. The Morgan fingerprint density at radius 3 is 1.90 bits per heavy atom. The molecule has 8 aromatic rings. The first-order valence-electron chi connectivity index (χ1n) is 26.1. The third kappa shape index (κ3) is 5.38. The topological polar surface area (TPSA) is 9.72 Å². The quantitative estimate of drug-likeness (QED) is 0.163. The predicted octanol–water partition coefficient (Wildman–Crippen LogP) is 14.9. The smallest absolute Gasteiger partial charge is 0.252 e. The lowest BCUT2D eigenvalue weighted by Gasteiger charge is -2.54. The minimum Gasteiger partial charge on any atom is -0.335 e. The summed E-state index contributed by atoms with van der Waals surface area (Å²) in [6, 6.07) is 68.2. The number of anilines is 7. The third-order valence-corrected chi connectivity index (χ3v) is 19.2. The van der Waals surface area contributed by atoms with Gasteiger partial charge in [0.2, 0.25) is 0 Å². The van der Waals surface area contributed by atoms with E-state index in [0.29, 0.717) is 0 Å². The van der Waals surface area contributed by atoms with Gasteiger partial charge in [-0.05, 0) is 148 Å². The lowest BCUT2D eigenvalue weighted by molar-refractivity contribution is 0.195. The van der Waals surface area contributed by atoms with E-state index in [2.05, 4.69) is 239 Å². The van der Waals surface area contributed by atoms with Crippen LogP contribution in [0, 0.1) is 0 Å². The number of hydrogen-bond acceptors (Lipinski definition) is 3. The normalized spacial score (nSPS) is 24.3. The minimum atomic E-state index is -0.363. The Hall–Kier alpha value is -6.78. The van der Waals surface area contributed by atoms with Gasteiger partial charge in [-0.1, -0.05) is 187 Å². The van der Waals surface area contributed by atoms with E-state index in [1.54, 1.807) is 0 Å². The molecule has 2 aliphatic carbocycles. The average molecular weight is 908 g/mol. The van der Waals surface area contributed by atoms with Gasteiger partial charge < -0.3 is 14.7 Å². The van der Waals surface area contributed by atoms with E-state index >= 15 is 0 Å². The second-order valence-electron chi connectivity index (χ2n) is 23.5. The lowest BCUT2D eigenvalue weighted by Crippen LogP contribution is -2.64. The molecule has 0 saturated heterocycles. The minimum absolute atomic E-state index is 0.00708. The van der Waals surface area contributed by atoms with Gasteiger partial charge in [-0.15, -0.1) is 0 Å². The molecule has 0 spiro atoms. The Bertz CT molecular complexity index is 3480. The second kappa shape index (κ2) is 14.4. The van der Waals surface area contributed by atoms with Crippen molar-refractivity contribution in [3.63, 3.8) is 0 Å². The highest BCUT2D eigenvalue weighted by atomic mass is 15.3. The molecule has 6 aliphatic rings. The maximum Gasteiger partial charge on any atom is 0.252 e. The number of rotatable bonds is 4. The maximum absolute atomic E-state index is 2.91. The van der Waals surface area contributed by atoms with E-state index in [0.717, 1.165) is 19.3 Å². The first-order chi connectivity index (χ1) is 33.8. The van der Waals surface area contributed by atoms with Gasteiger partial charge in [0.05, 0.1) is 11.1 Å². The van der Waals surface area contributed by atoms with Gasteiger partial charge in [-0.2, -0.15) is 0 Å². The van der Waals surface area contributed by atoms with E-state index < -0.39 is 0 Å². The fourth-order valence-corrected chi connectivity index (χ4v) is 15.1. The Balaban J connectivity index is 1.11. The van der Waals surface area contributed by atoms with Crippen LogP contribution in [-0.4, -0.2) is 12.3 Å². The molecule has 3 nitrogen and oxygen atoms in total. The molecule has 344 valence electrons. The fourth-order valence-electron chi connectivity index (χ4n) is 15.1. The molecule has 4 atom stereocenters. The van der Waals surface area contributed by atoms with Crippen molar-refractivity contribution in [2.75, 3.05) is 14.7 Å².